The van der Waals surface area contributed by atoms with Gasteiger partial charge in [-0.15, -0.1) is 0 Å². The van der Waals surface area contributed by atoms with Crippen LogP contribution in [-0.2, 0) is 16.1 Å². The van der Waals surface area contributed by atoms with E-state index in [0.29, 0.717) is 0 Å². The van der Waals surface area contributed by atoms with Crippen LogP contribution in [0.5, 0.6) is 0 Å². The van der Waals surface area contributed by atoms with E-state index < -0.39 is 24.0 Å². The van der Waals surface area contributed by atoms with Gasteiger partial charge in [0.2, 0.25) is 0 Å². The van der Waals surface area contributed by atoms with Gasteiger partial charge >= 0.3 is 12.1 Å². The summed E-state index contributed by atoms with van der Waals surface area (Å²) in [5, 5.41) is 18.2. The van der Waals surface area contributed by atoms with Crippen molar-refractivity contribution in [2.45, 2.75) is 38.8 Å². The lowest BCUT2D eigenvalue weighted by Crippen LogP contribution is -2.40. The molecule has 0 radical (unpaired) electrons. The third kappa shape index (κ3) is 5.34. The number of benzene rings is 2. The second-order valence-electron chi connectivity index (χ2n) is 8.78. The summed E-state index contributed by atoms with van der Waals surface area (Å²) in [7, 11) is 0. The average Bonchev–Trinajstić information content (AvgIpc) is 3.43. The van der Waals surface area contributed by atoms with E-state index in [4.69, 9.17) is 14.4 Å². The predicted molar refractivity (Wildman–Crippen MR) is 127 cm³/mol. The number of carboxylic acid groups (broad SMARTS) is 1. The molecule has 0 spiro atoms. The highest BCUT2D eigenvalue weighted by molar-refractivity contribution is 5.95. The molecular formula is C26H27N3O6. The summed E-state index contributed by atoms with van der Waals surface area (Å²) in [5.74, 6) is -1.68. The Morgan fingerprint density at radius 2 is 1.69 bits per heavy atom. The topological polar surface area (TPSA) is 131 Å². The number of alkyl carbamates (subject to hydrolysis) is 1. The van der Waals surface area contributed by atoms with Crippen molar-refractivity contribution in [2.75, 3.05) is 6.61 Å². The molecule has 1 unspecified atom stereocenters. The van der Waals surface area contributed by atoms with Gasteiger partial charge in [0.15, 0.2) is 0 Å². The Labute approximate surface area is 202 Å². The zero-order valence-corrected chi connectivity index (χ0v) is 19.5. The maximum Gasteiger partial charge on any atom is 0.407 e. The standard InChI is InChI=1S/C26H27N3O6/c1-15(2)22(11-24(30)31)28-25(32)21-14-35-29-23(21)12-27-26(33)34-13-20-18-9-5-3-7-16(18)17-8-4-6-10-19(17)20/h3-10,14-15,20,22H,11-13H2,1-2H3,(H,27,33)(H,28,32)(H,30,31). The molecule has 9 nitrogen and oxygen atoms in total. The molecule has 9 heteroatoms. The number of nitrogens with one attached hydrogen (secondary N) is 2. The van der Waals surface area contributed by atoms with Gasteiger partial charge in [0.1, 0.15) is 24.1 Å². The molecule has 35 heavy (non-hydrogen) atoms. The molecule has 1 atom stereocenters. The van der Waals surface area contributed by atoms with Crippen LogP contribution in [0.1, 0.15) is 53.4 Å². The van der Waals surface area contributed by atoms with Crippen LogP contribution in [0.15, 0.2) is 59.3 Å². The molecule has 2 aromatic carbocycles. The monoisotopic (exact) mass is 477 g/mol. The lowest BCUT2D eigenvalue weighted by Gasteiger charge is -2.20. The highest BCUT2D eigenvalue weighted by atomic mass is 16.5. The minimum absolute atomic E-state index is 0.0660. The number of nitrogens with zero attached hydrogens (tertiary/aromatic N) is 1. The molecule has 3 aromatic rings. The number of aromatic nitrogens is 1. The fraction of sp³-hybridized carbons (Fsp3) is 0.308. The number of rotatable bonds is 9. The van der Waals surface area contributed by atoms with Crippen LogP contribution in [0, 0.1) is 5.92 Å². The normalized spacial score (nSPS) is 13.1. The van der Waals surface area contributed by atoms with Crippen LogP contribution < -0.4 is 10.6 Å². The van der Waals surface area contributed by atoms with Gasteiger partial charge in [0.25, 0.3) is 5.91 Å². The van der Waals surface area contributed by atoms with Gasteiger partial charge in [-0.25, -0.2) is 4.79 Å². The molecule has 4 rings (SSSR count). The van der Waals surface area contributed by atoms with Crippen LogP contribution in [0.2, 0.25) is 0 Å². The number of carboxylic acids is 1. The van der Waals surface area contributed by atoms with Crippen molar-refractivity contribution in [1.29, 1.82) is 0 Å². The highest BCUT2D eigenvalue weighted by Gasteiger charge is 2.29. The first kappa shape index (κ1) is 24.0. The molecule has 3 N–H and O–H groups in total. The van der Waals surface area contributed by atoms with E-state index >= 15 is 0 Å². The van der Waals surface area contributed by atoms with Crippen LogP contribution in [0.3, 0.4) is 0 Å². The molecular weight excluding hydrogens is 450 g/mol. The Morgan fingerprint density at radius 3 is 2.29 bits per heavy atom. The summed E-state index contributed by atoms with van der Waals surface area (Å²) >= 11 is 0. The first-order valence-corrected chi connectivity index (χ1v) is 11.4. The lowest BCUT2D eigenvalue weighted by molar-refractivity contribution is -0.137. The maximum atomic E-state index is 12.7. The van der Waals surface area contributed by atoms with E-state index in [9.17, 15) is 14.4 Å². The minimum atomic E-state index is -1.01. The van der Waals surface area contributed by atoms with Gasteiger partial charge in [-0.2, -0.15) is 0 Å². The molecule has 182 valence electrons. The third-order valence-electron chi connectivity index (χ3n) is 6.15. The Balaban J connectivity index is 1.35. The number of carbonyl (C=O) groups excluding carboxylic acids is 2. The summed E-state index contributed by atoms with van der Waals surface area (Å²) in [5.41, 5.74) is 4.83. The van der Waals surface area contributed by atoms with Crippen molar-refractivity contribution in [3.05, 3.63) is 77.2 Å². The predicted octanol–water partition coefficient (Wildman–Crippen LogP) is 3.94. The Hall–Kier alpha value is -4.14. The summed E-state index contributed by atoms with van der Waals surface area (Å²) in [6, 6.07) is 15.6. The van der Waals surface area contributed by atoms with Gasteiger partial charge in [-0.3, -0.25) is 9.59 Å². The number of carbonyl (C=O) groups is 3. The van der Waals surface area contributed by atoms with Crippen molar-refractivity contribution in [3.8, 4) is 11.1 Å². The van der Waals surface area contributed by atoms with Gasteiger partial charge in [0, 0.05) is 12.0 Å². The quantitative estimate of drug-likeness (QED) is 0.425. The van der Waals surface area contributed by atoms with Gasteiger partial charge < -0.3 is 25.0 Å². The molecule has 1 heterocycles. The fourth-order valence-corrected chi connectivity index (χ4v) is 4.26. The van der Waals surface area contributed by atoms with Crippen molar-refractivity contribution in [2.24, 2.45) is 5.92 Å². The van der Waals surface area contributed by atoms with Gasteiger partial charge in [-0.1, -0.05) is 67.5 Å². The Morgan fingerprint density at radius 1 is 1.06 bits per heavy atom. The van der Waals surface area contributed by atoms with Crippen molar-refractivity contribution >= 4 is 18.0 Å². The lowest BCUT2D eigenvalue weighted by atomic mass is 9.98. The number of hydrogen-bond acceptors (Lipinski definition) is 6. The highest BCUT2D eigenvalue weighted by Crippen LogP contribution is 2.44. The first-order valence-electron chi connectivity index (χ1n) is 11.4. The van der Waals surface area contributed by atoms with E-state index in [2.05, 4.69) is 27.9 Å². The van der Waals surface area contributed by atoms with Gasteiger partial charge in [0.05, 0.1) is 13.0 Å². The average molecular weight is 478 g/mol. The molecule has 1 aliphatic carbocycles. The molecule has 1 aromatic heterocycles. The zero-order valence-electron chi connectivity index (χ0n) is 19.5. The Bertz CT molecular complexity index is 1190. The first-order chi connectivity index (χ1) is 16.8. The second kappa shape index (κ2) is 10.4. The van der Waals surface area contributed by atoms with Crippen LogP contribution in [0.25, 0.3) is 11.1 Å². The molecule has 0 saturated heterocycles. The van der Waals surface area contributed by atoms with E-state index in [0.717, 1.165) is 22.3 Å². The number of fused-ring (bicyclic) bond motifs is 3. The smallest absolute Gasteiger partial charge is 0.407 e. The summed E-state index contributed by atoms with van der Waals surface area (Å²) in [4.78, 5) is 36.2. The number of amides is 2. The largest absolute Gasteiger partial charge is 0.481 e. The third-order valence-corrected chi connectivity index (χ3v) is 6.15. The number of ether oxygens (including phenoxy) is 1. The summed E-state index contributed by atoms with van der Waals surface area (Å²) < 4.78 is 10.4. The van der Waals surface area contributed by atoms with Crippen LogP contribution in [0.4, 0.5) is 4.79 Å². The molecule has 0 aliphatic heterocycles. The summed E-state index contributed by atoms with van der Waals surface area (Å²) in [6.45, 7) is 3.72. The Kier molecular flexibility index (Phi) is 7.14. The van der Waals surface area contributed by atoms with Crippen LogP contribution >= 0.6 is 0 Å². The zero-order chi connectivity index (χ0) is 24.9. The van der Waals surface area contributed by atoms with E-state index in [1.165, 1.54) is 6.26 Å². The van der Waals surface area contributed by atoms with Crippen LogP contribution in [-0.4, -0.2) is 40.9 Å². The minimum Gasteiger partial charge on any atom is -0.481 e. The molecule has 0 fully saturated rings. The second-order valence-corrected chi connectivity index (χ2v) is 8.78. The van der Waals surface area contributed by atoms with Gasteiger partial charge in [-0.05, 0) is 28.2 Å². The molecule has 0 bridgehead atoms. The van der Waals surface area contributed by atoms with Crippen molar-refractivity contribution < 1.29 is 28.8 Å². The molecule has 2 amide bonds. The molecule has 1 aliphatic rings. The fourth-order valence-electron chi connectivity index (χ4n) is 4.26. The van der Waals surface area contributed by atoms with Crippen molar-refractivity contribution in [1.82, 2.24) is 15.8 Å². The van der Waals surface area contributed by atoms with E-state index in [1.807, 2.05) is 50.2 Å². The SMILES string of the molecule is CC(C)C(CC(=O)O)NC(=O)c1conc1CNC(=O)OCC1c2ccccc2-c2ccccc21. The summed E-state index contributed by atoms with van der Waals surface area (Å²) in [6.07, 6.45) is 0.316. The number of hydrogen-bond donors (Lipinski definition) is 3. The maximum absolute atomic E-state index is 12.7. The van der Waals surface area contributed by atoms with E-state index in [-0.39, 0.29) is 42.7 Å². The number of aliphatic carboxylic acids is 1. The van der Waals surface area contributed by atoms with E-state index in [1.54, 1.807) is 0 Å². The van der Waals surface area contributed by atoms with Crippen molar-refractivity contribution in [3.63, 3.8) is 0 Å². The molecule has 0 saturated carbocycles.